The van der Waals surface area contributed by atoms with Gasteiger partial charge in [-0.3, -0.25) is 9.52 Å². The third-order valence-electron chi connectivity index (χ3n) is 3.15. The fourth-order valence-corrected chi connectivity index (χ4v) is 4.30. The van der Waals surface area contributed by atoms with Gasteiger partial charge in [0.2, 0.25) is 0 Å². The van der Waals surface area contributed by atoms with E-state index in [4.69, 9.17) is 5.73 Å². The Bertz CT molecular complexity index is 1060. The highest BCUT2D eigenvalue weighted by atomic mass is 32.2. The smallest absolute Gasteiger partial charge is 0.266 e. The summed E-state index contributed by atoms with van der Waals surface area (Å²) in [5, 5.41) is 0.649. The summed E-state index contributed by atoms with van der Waals surface area (Å²) in [4.78, 5) is 11.7. The van der Waals surface area contributed by atoms with E-state index in [9.17, 15) is 17.6 Å². The molecule has 1 heterocycles. The van der Waals surface area contributed by atoms with Gasteiger partial charge in [-0.1, -0.05) is 29.5 Å². The number of halogens is 1. The average molecular weight is 350 g/mol. The maximum Gasteiger partial charge on any atom is 0.266 e. The Kier molecular flexibility index (Phi) is 3.78. The molecular formula is C15H11FN2O3S2. The van der Waals surface area contributed by atoms with Crippen LogP contribution in [0.3, 0.4) is 0 Å². The summed E-state index contributed by atoms with van der Waals surface area (Å²) in [5.74, 6) is -0.648. The molecule has 118 valence electrons. The Morgan fingerprint density at radius 2 is 1.83 bits per heavy atom. The fourth-order valence-electron chi connectivity index (χ4n) is 2.05. The number of rotatable bonds is 3. The van der Waals surface area contributed by atoms with Crippen LogP contribution in [0.2, 0.25) is 0 Å². The summed E-state index contributed by atoms with van der Waals surface area (Å²) < 4.78 is 40.3. The van der Waals surface area contributed by atoms with Gasteiger partial charge < -0.3 is 5.73 Å². The quantitative estimate of drug-likeness (QED) is 0.711. The van der Waals surface area contributed by atoms with Gasteiger partial charge in [0, 0.05) is 4.70 Å². The van der Waals surface area contributed by atoms with Gasteiger partial charge in [0.15, 0.2) is 0 Å². The largest absolute Gasteiger partial charge is 0.396 e. The fraction of sp³-hybridized carbons (Fsp3) is 0. The SMILES string of the molecule is Nc1cc(NS(=O)(=O)c2cc3ccccc3sc2=O)ccc1F. The molecule has 3 N–H and O–H groups in total. The van der Waals surface area contributed by atoms with E-state index in [0.29, 0.717) is 10.1 Å². The Morgan fingerprint density at radius 1 is 1.09 bits per heavy atom. The van der Waals surface area contributed by atoms with Crippen LogP contribution in [0.5, 0.6) is 0 Å². The van der Waals surface area contributed by atoms with E-state index < -0.39 is 20.6 Å². The number of hydrogen-bond acceptors (Lipinski definition) is 5. The van der Waals surface area contributed by atoms with E-state index in [0.717, 1.165) is 23.5 Å². The molecule has 23 heavy (non-hydrogen) atoms. The molecule has 2 aromatic carbocycles. The van der Waals surface area contributed by atoms with Crippen LogP contribution in [0.1, 0.15) is 0 Å². The second kappa shape index (κ2) is 5.64. The van der Waals surface area contributed by atoms with Crippen molar-refractivity contribution in [2.75, 3.05) is 10.5 Å². The molecule has 5 nitrogen and oxygen atoms in total. The lowest BCUT2D eigenvalue weighted by Gasteiger charge is -2.09. The van der Waals surface area contributed by atoms with Gasteiger partial charge in [-0.05, 0) is 35.7 Å². The Hall–Kier alpha value is -2.45. The highest BCUT2D eigenvalue weighted by Gasteiger charge is 2.20. The first-order valence-corrected chi connectivity index (χ1v) is 8.77. The van der Waals surface area contributed by atoms with Crippen LogP contribution in [0, 0.1) is 5.82 Å². The molecule has 0 spiro atoms. The lowest BCUT2D eigenvalue weighted by atomic mass is 10.2. The van der Waals surface area contributed by atoms with Crippen LogP contribution < -0.4 is 15.2 Å². The van der Waals surface area contributed by atoms with Crippen molar-refractivity contribution in [3.05, 3.63) is 63.9 Å². The van der Waals surface area contributed by atoms with Crippen LogP contribution >= 0.6 is 11.3 Å². The van der Waals surface area contributed by atoms with Gasteiger partial charge in [-0.25, -0.2) is 12.8 Å². The number of benzene rings is 2. The predicted molar refractivity (Wildman–Crippen MR) is 89.7 cm³/mol. The zero-order valence-corrected chi connectivity index (χ0v) is 13.2. The number of nitrogens with two attached hydrogens (primary N) is 1. The Labute approximate surface area is 135 Å². The first-order chi connectivity index (χ1) is 10.9. The summed E-state index contributed by atoms with van der Waals surface area (Å²) in [6, 6.07) is 11.7. The van der Waals surface area contributed by atoms with Crippen LogP contribution in [0.4, 0.5) is 15.8 Å². The van der Waals surface area contributed by atoms with Gasteiger partial charge in [0.05, 0.1) is 11.4 Å². The Balaban J connectivity index is 2.07. The van der Waals surface area contributed by atoms with Crippen LogP contribution in [-0.2, 0) is 10.0 Å². The van der Waals surface area contributed by atoms with Crippen molar-refractivity contribution in [3.63, 3.8) is 0 Å². The zero-order valence-electron chi connectivity index (χ0n) is 11.6. The van der Waals surface area contributed by atoms with E-state index in [1.807, 2.05) is 0 Å². The molecule has 0 unspecified atom stereocenters. The lowest BCUT2D eigenvalue weighted by molar-refractivity contribution is 0.601. The maximum absolute atomic E-state index is 13.1. The lowest BCUT2D eigenvalue weighted by Crippen LogP contribution is -2.19. The molecule has 0 bridgehead atoms. The van der Waals surface area contributed by atoms with Gasteiger partial charge >= 0.3 is 0 Å². The third kappa shape index (κ3) is 3.03. The number of hydrogen-bond donors (Lipinski definition) is 2. The standard InChI is InChI=1S/C15H11FN2O3S2/c16-11-6-5-10(8-12(11)17)18-23(20,21)14-7-9-3-1-2-4-13(9)22-15(14)19/h1-8,18H,17H2. The summed E-state index contributed by atoms with van der Waals surface area (Å²) in [6.45, 7) is 0. The normalized spacial score (nSPS) is 11.5. The molecule has 0 saturated heterocycles. The van der Waals surface area contributed by atoms with Gasteiger partial charge in [-0.15, -0.1) is 0 Å². The summed E-state index contributed by atoms with van der Waals surface area (Å²) in [6.07, 6.45) is 0. The molecule has 3 rings (SSSR count). The van der Waals surface area contributed by atoms with E-state index in [1.165, 1.54) is 12.1 Å². The number of sulfonamides is 1. The highest BCUT2D eigenvalue weighted by molar-refractivity contribution is 7.92. The molecule has 0 atom stereocenters. The second-order valence-corrected chi connectivity index (χ2v) is 7.44. The third-order valence-corrected chi connectivity index (χ3v) is 5.66. The molecule has 0 aliphatic carbocycles. The van der Waals surface area contributed by atoms with Crippen LogP contribution in [0.25, 0.3) is 10.1 Å². The molecule has 0 aliphatic heterocycles. The monoisotopic (exact) mass is 350 g/mol. The molecule has 3 aromatic rings. The molecular weight excluding hydrogens is 339 g/mol. The van der Waals surface area contributed by atoms with E-state index in [-0.39, 0.29) is 16.3 Å². The molecule has 0 amide bonds. The molecule has 8 heteroatoms. The zero-order chi connectivity index (χ0) is 16.6. The van der Waals surface area contributed by atoms with Crippen molar-refractivity contribution in [2.45, 2.75) is 4.90 Å². The maximum atomic E-state index is 13.1. The van der Waals surface area contributed by atoms with Crippen LogP contribution in [-0.4, -0.2) is 8.42 Å². The second-order valence-electron chi connectivity index (χ2n) is 4.78. The van der Waals surface area contributed by atoms with E-state index in [2.05, 4.69) is 4.72 Å². The van der Waals surface area contributed by atoms with Gasteiger partial charge in [0.25, 0.3) is 14.8 Å². The number of fused-ring (bicyclic) bond motifs is 1. The van der Waals surface area contributed by atoms with E-state index in [1.54, 1.807) is 24.3 Å². The molecule has 0 saturated carbocycles. The van der Waals surface area contributed by atoms with Crippen molar-refractivity contribution in [1.29, 1.82) is 0 Å². The van der Waals surface area contributed by atoms with Crippen molar-refractivity contribution >= 4 is 42.8 Å². The minimum atomic E-state index is -4.10. The molecule has 0 fully saturated rings. The topological polar surface area (TPSA) is 89.3 Å². The minimum Gasteiger partial charge on any atom is -0.396 e. The number of anilines is 2. The first-order valence-electron chi connectivity index (χ1n) is 6.47. The summed E-state index contributed by atoms with van der Waals surface area (Å²) in [7, 11) is -4.10. The van der Waals surface area contributed by atoms with Gasteiger partial charge in [0.1, 0.15) is 10.7 Å². The first kappa shape index (κ1) is 15.4. The molecule has 0 aliphatic rings. The molecule has 1 aromatic heterocycles. The minimum absolute atomic E-state index is 0.0847. The predicted octanol–water partition coefficient (Wildman–Crippen LogP) is 2.78. The Morgan fingerprint density at radius 3 is 2.57 bits per heavy atom. The number of nitrogen functional groups attached to an aromatic ring is 1. The number of nitrogens with one attached hydrogen (secondary N) is 1. The average Bonchev–Trinajstić information content (AvgIpc) is 2.50. The molecule has 0 radical (unpaired) electrons. The van der Waals surface area contributed by atoms with Crippen molar-refractivity contribution < 1.29 is 12.8 Å². The van der Waals surface area contributed by atoms with E-state index >= 15 is 0 Å². The van der Waals surface area contributed by atoms with Crippen molar-refractivity contribution in [1.82, 2.24) is 0 Å². The summed E-state index contributed by atoms with van der Waals surface area (Å²) >= 11 is 0.852. The van der Waals surface area contributed by atoms with Crippen LogP contribution in [0.15, 0.2) is 58.2 Å². The summed E-state index contributed by atoms with van der Waals surface area (Å²) in [5.41, 5.74) is 5.31. The van der Waals surface area contributed by atoms with Crippen molar-refractivity contribution in [3.8, 4) is 0 Å². The highest BCUT2D eigenvalue weighted by Crippen LogP contribution is 2.22. The van der Waals surface area contributed by atoms with Crippen molar-refractivity contribution in [2.24, 2.45) is 0 Å². The van der Waals surface area contributed by atoms with Gasteiger partial charge in [-0.2, -0.15) is 0 Å².